The van der Waals surface area contributed by atoms with Gasteiger partial charge in [-0.1, -0.05) is 22.0 Å². The summed E-state index contributed by atoms with van der Waals surface area (Å²) in [4.78, 5) is 11.9. The second-order valence-electron chi connectivity index (χ2n) is 4.31. The highest BCUT2D eigenvalue weighted by atomic mass is 79.9. The zero-order chi connectivity index (χ0) is 12.3. The number of hydrogen-bond donors (Lipinski definition) is 1. The standard InChI is InChI=1S/C13H16BrNO2/c1-9-4-5-10(7-12(9)14)13(16)15-8-11-3-2-6-17-11/h4-5,7,11H,2-3,6,8H2,1H3,(H,15,16). The molecule has 0 bridgehead atoms. The Labute approximate surface area is 110 Å². The molecule has 0 spiro atoms. The van der Waals surface area contributed by atoms with Crippen LogP contribution >= 0.6 is 15.9 Å². The van der Waals surface area contributed by atoms with Crippen LogP contribution in [-0.2, 0) is 4.74 Å². The Bertz CT molecular complexity index is 414. The summed E-state index contributed by atoms with van der Waals surface area (Å²) in [5.41, 5.74) is 1.81. The number of rotatable bonds is 3. The van der Waals surface area contributed by atoms with Gasteiger partial charge in [-0.05, 0) is 37.5 Å². The Morgan fingerprint density at radius 1 is 1.59 bits per heavy atom. The van der Waals surface area contributed by atoms with Gasteiger partial charge in [0.05, 0.1) is 6.10 Å². The summed E-state index contributed by atoms with van der Waals surface area (Å²) < 4.78 is 6.42. The smallest absolute Gasteiger partial charge is 0.251 e. The Morgan fingerprint density at radius 2 is 2.41 bits per heavy atom. The highest BCUT2D eigenvalue weighted by molar-refractivity contribution is 9.10. The highest BCUT2D eigenvalue weighted by Gasteiger charge is 2.16. The Balaban J connectivity index is 1.92. The number of benzene rings is 1. The topological polar surface area (TPSA) is 38.3 Å². The van der Waals surface area contributed by atoms with Crippen molar-refractivity contribution in [3.8, 4) is 0 Å². The second-order valence-corrected chi connectivity index (χ2v) is 5.16. The van der Waals surface area contributed by atoms with Gasteiger partial charge in [0.15, 0.2) is 0 Å². The first kappa shape index (κ1) is 12.6. The van der Waals surface area contributed by atoms with Crippen molar-refractivity contribution in [2.75, 3.05) is 13.2 Å². The van der Waals surface area contributed by atoms with Crippen LogP contribution < -0.4 is 5.32 Å². The average molecular weight is 298 g/mol. The first-order valence-corrected chi connectivity index (χ1v) is 6.62. The monoisotopic (exact) mass is 297 g/mol. The van der Waals surface area contributed by atoms with Crippen molar-refractivity contribution in [3.05, 3.63) is 33.8 Å². The molecular formula is C13H16BrNO2. The molecule has 1 N–H and O–H groups in total. The van der Waals surface area contributed by atoms with Gasteiger partial charge in [0.2, 0.25) is 0 Å². The largest absolute Gasteiger partial charge is 0.376 e. The van der Waals surface area contributed by atoms with Crippen LogP contribution in [0.2, 0.25) is 0 Å². The summed E-state index contributed by atoms with van der Waals surface area (Å²) in [5, 5.41) is 2.90. The normalized spacial score (nSPS) is 19.3. The number of amides is 1. The Morgan fingerprint density at radius 3 is 3.06 bits per heavy atom. The van der Waals surface area contributed by atoms with E-state index in [0.29, 0.717) is 12.1 Å². The van der Waals surface area contributed by atoms with Crippen molar-refractivity contribution in [1.29, 1.82) is 0 Å². The van der Waals surface area contributed by atoms with E-state index in [-0.39, 0.29) is 12.0 Å². The van der Waals surface area contributed by atoms with Crippen molar-refractivity contribution in [2.24, 2.45) is 0 Å². The van der Waals surface area contributed by atoms with E-state index in [1.54, 1.807) is 0 Å². The Hall–Kier alpha value is -0.870. The highest BCUT2D eigenvalue weighted by Crippen LogP contribution is 2.17. The number of carbonyl (C=O) groups excluding carboxylic acids is 1. The first-order chi connectivity index (χ1) is 8.16. The van der Waals surface area contributed by atoms with Crippen molar-refractivity contribution in [3.63, 3.8) is 0 Å². The maximum atomic E-state index is 11.9. The van der Waals surface area contributed by atoms with Crippen LogP contribution in [-0.4, -0.2) is 25.2 Å². The lowest BCUT2D eigenvalue weighted by Crippen LogP contribution is -2.31. The molecule has 1 saturated heterocycles. The van der Waals surface area contributed by atoms with Crippen LogP contribution in [0.15, 0.2) is 22.7 Å². The van der Waals surface area contributed by atoms with Crippen LogP contribution in [0.25, 0.3) is 0 Å². The summed E-state index contributed by atoms with van der Waals surface area (Å²) in [5.74, 6) is -0.0406. The van der Waals surface area contributed by atoms with Gasteiger partial charge in [-0.3, -0.25) is 4.79 Å². The van der Waals surface area contributed by atoms with Gasteiger partial charge in [-0.2, -0.15) is 0 Å². The number of ether oxygens (including phenoxy) is 1. The van der Waals surface area contributed by atoms with Crippen LogP contribution in [0.5, 0.6) is 0 Å². The number of halogens is 1. The molecule has 4 heteroatoms. The molecule has 2 rings (SSSR count). The van der Waals surface area contributed by atoms with E-state index in [9.17, 15) is 4.79 Å². The van der Waals surface area contributed by atoms with Gasteiger partial charge in [0.1, 0.15) is 0 Å². The molecule has 1 amide bonds. The predicted octanol–water partition coefficient (Wildman–Crippen LogP) is 2.67. The second kappa shape index (κ2) is 5.65. The van der Waals surface area contributed by atoms with Crippen LogP contribution in [0.4, 0.5) is 0 Å². The van der Waals surface area contributed by atoms with Gasteiger partial charge in [0, 0.05) is 23.2 Å². The third kappa shape index (κ3) is 3.30. The molecule has 1 fully saturated rings. The van der Waals surface area contributed by atoms with E-state index in [0.717, 1.165) is 29.5 Å². The van der Waals surface area contributed by atoms with Crippen molar-refractivity contribution in [2.45, 2.75) is 25.9 Å². The fourth-order valence-corrected chi connectivity index (χ4v) is 2.23. The zero-order valence-electron chi connectivity index (χ0n) is 9.83. The molecule has 17 heavy (non-hydrogen) atoms. The molecule has 0 radical (unpaired) electrons. The molecule has 3 nitrogen and oxygen atoms in total. The quantitative estimate of drug-likeness (QED) is 0.931. The molecule has 1 aliphatic rings. The minimum absolute atomic E-state index is 0.0406. The van der Waals surface area contributed by atoms with Crippen LogP contribution in [0.3, 0.4) is 0 Å². The maximum Gasteiger partial charge on any atom is 0.251 e. The number of aryl methyl sites for hydroxylation is 1. The van der Waals surface area contributed by atoms with E-state index in [1.165, 1.54) is 0 Å². The molecule has 1 aromatic rings. The Kier molecular flexibility index (Phi) is 4.18. The third-order valence-corrected chi connectivity index (χ3v) is 3.80. The van der Waals surface area contributed by atoms with E-state index in [4.69, 9.17) is 4.74 Å². The molecule has 1 heterocycles. The fraction of sp³-hybridized carbons (Fsp3) is 0.462. The average Bonchev–Trinajstić information content (AvgIpc) is 2.82. The molecule has 92 valence electrons. The zero-order valence-corrected chi connectivity index (χ0v) is 11.4. The van der Waals surface area contributed by atoms with E-state index >= 15 is 0 Å². The van der Waals surface area contributed by atoms with Gasteiger partial charge in [-0.15, -0.1) is 0 Å². The SMILES string of the molecule is Cc1ccc(C(=O)NCC2CCCO2)cc1Br. The minimum Gasteiger partial charge on any atom is -0.376 e. The van der Waals surface area contributed by atoms with Crippen molar-refractivity contribution >= 4 is 21.8 Å². The van der Waals surface area contributed by atoms with Gasteiger partial charge in [-0.25, -0.2) is 0 Å². The third-order valence-electron chi connectivity index (χ3n) is 2.95. The molecule has 1 aromatic carbocycles. The predicted molar refractivity (Wildman–Crippen MR) is 70.2 cm³/mol. The summed E-state index contributed by atoms with van der Waals surface area (Å²) in [6, 6.07) is 5.62. The summed E-state index contributed by atoms with van der Waals surface area (Å²) >= 11 is 3.43. The summed E-state index contributed by atoms with van der Waals surface area (Å²) in [7, 11) is 0. The number of nitrogens with one attached hydrogen (secondary N) is 1. The van der Waals surface area contributed by atoms with E-state index in [1.807, 2.05) is 25.1 Å². The van der Waals surface area contributed by atoms with Crippen LogP contribution in [0.1, 0.15) is 28.8 Å². The number of carbonyl (C=O) groups is 1. The number of hydrogen-bond acceptors (Lipinski definition) is 2. The minimum atomic E-state index is -0.0406. The van der Waals surface area contributed by atoms with E-state index < -0.39 is 0 Å². The molecule has 0 aliphatic carbocycles. The molecule has 0 saturated carbocycles. The lowest BCUT2D eigenvalue weighted by molar-refractivity contribution is 0.0857. The maximum absolute atomic E-state index is 11.9. The van der Waals surface area contributed by atoms with Gasteiger partial charge < -0.3 is 10.1 Å². The fourth-order valence-electron chi connectivity index (χ4n) is 1.85. The summed E-state index contributed by atoms with van der Waals surface area (Å²) in [6.45, 7) is 3.42. The van der Waals surface area contributed by atoms with Crippen molar-refractivity contribution < 1.29 is 9.53 Å². The first-order valence-electron chi connectivity index (χ1n) is 5.83. The molecule has 1 atom stereocenters. The van der Waals surface area contributed by atoms with Crippen LogP contribution in [0, 0.1) is 6.92 Å². The molecular weight excluding hydrogens is 282 g/mol. The van der Waals surface area contributed by atoms with Gasteiger partial charge in [0.25, 0.3) is 5.91 Å². The lowest BCUT2D eigenvalue weighted by atomic mass is 10.1. The molecule has 1 unspecified atom stereocenters. The van der Waals surface area contributed by atoms with Crippen molar-refractivity contribution in [1.82, 2.24) is 5.32 Å². The van der Waals surface area contributed by atoms with Gasteiger partial charge >= 0.3 is 0 Å². The van der Waals surface area contributed by atoms with E-state index in [2.05, 4.69) is 21.2 Å². The lowest BCUT2D eigenvalue weighted by Gasteiger charge is -2.11. The molecule has 0 aromatic heterocycles. The summed E-state index contributed by atoms with van der Waals surface area (Å²) in [6.07, 6.45) is 2.32. The molecule has 1 aliphatic heterocycles.